The SMILES string of the molecule is CC(C)n1ccnc1CN(C)C[C@@H]1CCCN(C)[C@H]1c1cnn(C)c1. The zero-order chi connectivity index (χ0) is 18.0. The molecule has 0 radical (unpaired) electrons. The van der Waals surface area contributed by atoms with Gasteiger partial charge in [0.25, 0.3) is 0 Å². The smallest absolute Gasteiger partial charge is 0.123 e. The number of likely N-dealkylation sites (tertiary alicyclic amines) is 1. The molecule has 0 unspecified atom stereocenters. The Balaban J connectivity index is 1.69. The molecule has 2 aromatic heterocycles. The van der Waals surface area contributed by atoms with Crippen molar-refractivity contribution in [2.45, 2.75) is 45.3 Å². The molecule has 0 spiro atoms. The molecule has 0 aromatic carbocycles. The van der Waals surface area contributed by atoms with Gasteiger partial charge in [-0.2, -0.15) is 5.10 Å². The fraction of sp³-hybridized carbons (Fsp3) is 0.684. The lowest BCUT2D eigenvalue weighted by Gasteiger charge is -2.40. The Morgan fingerprint density at radius 1 is 1.32 bits per heavy atom. The Bertz CT molecular complexity index is 673. The third-order valence-electron chi connectivity index (χ3n) is 5.34. The van der Waals surface area contributed by atoms with Crippen molar-refractivity contribution in [1.29, 1.82) is 0 Å². The van der Waals surface area contributed by atoms with Gasteiger partial charge in [0.1, 0.15) is 5.82 Å². The van der Waals surface area contributed by atoms with Gasteiger partial charge in [0, 0.05) is 49.8 Å². The Hall–Kier alpha value is -1.66. The van der Waals surface area contributed by atoms with E-state index < -0.39 is 0 Å². The van der Waals surface area contributed by atoms with Crippen LogP contribution in [0.1, 0.15) is 50.2 Å². The molecule has 2 aromatic rings. The van der Waals surface area contributed by atoms with E-state index in [0.717, 1.165) is 25.5 Å². The summed E-state index contributed by atoms with van der Waals surface area (Å²) < 4.78 is 4.18. The van der Waals surface area contributed by atoms with Crippen LogP contribution in [0.2, 0.25) is 0 Å². The molecule has 1 fully saturated rings. The van der Waals surface area contributed by atoms with E-state index in [1.807, 2.05) is 24.1 Å². The zero-order valence-corrected chi connectivity index (χ0v) is 16.3. The van der Waals surface area contributed by atoms with E-state index in [-0.39, 0.29) is 0 Å². The van der Waals surface area contributed by atoms with Gasteiger partial charge in [0.15, 0.2) is 0 Å². The first kappa shape index (κ1) is 18.1. The number of aromatic nitrogens is 4. The van der Waals surface area contributed by atoms with Crippen LogP contribution in [-0.2, 0) is 13.6 Å². The molecule has 25 heavy (non-hydrogen) atoms. The molecule has 1 aliphatic rings. The molecule has 1 aliphatic heterocycles. The third-order valence-corrected chi connectivity index (χ3v) is 5.34. The van der Waals surface area contributed by atoms with E-state index in [9.17, 15) is 0 Å². The van der Waals surface area contributed by atoms with Gasteiger partial charge in [0.2, 0.25) is 0 Å². The fourth-order valence-corrected chi connectivity index (χ4v) is 4.21. The normalized spacial score (nSPS) is 22.2. The first-order valence-corrected chi connectivity index (χ1v) is 9.34. The summed E-state index contributed by atoms with van der Waals surface area (Å²) in [6.45, 7) is 7.55. The van der Waals surface area contributed by atoms with Gasteiger partial charge < -0.3 is 4.57 Å². The van der Waals surface area contributed by atoms with Crippen molar-refractivity contribution in [3.8, 4) is 0 Å². The van der Waals surface area contributed by atoms with E-state index in [1.54, 1.807) is 0 Å². The fourth-order valence-electron chi connectivity index (χ4n) is 4.21. The molecule has 0 N–H and O–H groups in total. The van der Waals surface area contributed by atoms with Crippen LogP contribution in [0.25, 0.3) is 0 Å². The summed E-state index contributed by atoms with van der Waals surface area (Å²) in [5.74, 6) is 1.77. The minimum absolute atomic E-state index is 0.453. The number of piperidine rings is 1. The summed E-state index contributed by atoms with van der Waals surface area (Å²) in [7, 11) is 6.46. The molecule has 3 heterocycles. The summed E-state index contributed by atoms with van der Waals surface area (Å²) in [4.78, 5) is 9.48. The van der Waals surface area contributed by atoms with E-state index >= 15 is 0 Å². The highest BCUT2D eigenvalue weighted by atomic mass is 15.3. The van der Waals surface area contributed by atoms with Gasteiger partial charge in [-0.25, -0.2) is 4.98 Å². The molecule has 0 amide bonds. The maximum atomic E-state index is 4.56. The molecule has 1 saturated heterocycles. The second kappa shape index (κ2) is 7.70. The largest absolute Gasteiger partial charge is 0.331 e. The van der Waals surface area contributed by atoms with Gasteiger partial charge >= 0.3 is 0 Å². The first-order chi connectivity index (χ1) is 12.0. The molecule has 0 bridgehead atoms. The quantitative estimate of drug-likeness (QED) is 0.808. The van der Waals surface area contributed by atoms with Crippen molar-refractivity contribution in [1.82, 2.24) is 29.1 Å². The minimum atomic E-state index is 0.453. The molecule has 3 rings (SSSR count). The van der Waals surface area contributed by atoms with Crippen LogP contribution in [-0.4, -0.2) is 56.3 Å². The van der Waals surface area contributed by atoms with Crippen molar-refractivity contribution < 1.29 is 0 Å². The summed E-state index contributed by atoms with van der Waals surface area (Å²) in [6, 6.07) is 0.907. The molecule has 6 nitrogen and oxygen atoms in total. The minimum Gasteiger partial charge on any atom is -0.331 e. The van der Waals surface area contributed by atoms with Crippen molar-refractivity contribution in [3.05, 3.63) is 36.2 Å². The van der Waals surface area contributed by atoms with Gasteiger partial charge in [0.05, 0.1) is 12.7 Å². The predicted molar refractivity (Wildman–Crippen MR) is 100 cm³/mol. The number of hydrogen-bond donors (Lipinski definition) is 0. The first-order valence-electron chi connectivity index (χ1n) is 9.34. The number of imidazole rings is 1. The average molecular weight is 345 g/mol. The summed E-state index contributed by atoms with van der Waals surface area (Å²) in [5, 5.41) is 4.39. The topological polar surface area (TPSA) is 42.1 Å². The highest BCUT2D eigenvalue weighted by Crippen LogP contribution is 2.35. The van der Waals surface area contributed by atoms with Gasteiger partial charge in [-0.3, -0.25) is 14.5 Å². The second-order valence-corrected chi connectivity index (χ2v) is 7.82. The lowest BCUT2D eigenvalue weighted by atomic mass is 9.86. The van der Waals surface area contributed by atoms with Crippen LogP contribution in [0.4, 0.5) is 0 Å². The Morgan fingerprint density at radius 2 is 2.12 bits per heavy atom. The monoisotopic (exact) mass is 344 g/mol. The highest BCUT2D eigenvalue weighted by Gasteiger charge is 2.32. The summed E-state index contributed by atoms with van der Waals surface area (Å²) in [6.07, 6.45) is 10.7. The Kier molecular flexibility index (Phi) is 5.59. The molecule has 0 aliphatic carbocycles. The van der Waals surface area contributed by atoms with Gasteiger partial charge in [-0.05, 0) is 53.2 Å². The number of hydrogen-bond acceptors (Lipinski definition) is 4. The maximum Gasteiger partial charge on any atom is 0.123 e. The number of aryl methyl sites for hydroxylation is 1. The molecule has 138 valence electrons. The second-order valence-electron chi connectivity index (χ2n) is 7.82. The van der Waals surface area contributed by atoms with Crippen LogP contribution >= 0.6 is 0 Å². The van der Waals surface area contributed by atoms with Crippen molar-refractivity contribution in [3.63, 3.8) is 0 Å². The van der Waals surface area contributed by atoms with Crippen LogP contribution < -0.4 is 0 Å². The van der Waals surface area contributed by atoms with E-state index in [4.69, 9.17) is 0 Å². The van der Waals surface area contributed by atoms with Crippen LogP contribution in [0.5, 0.6) is 0 Å². The third kappa shape index (κ3) is 4.12. The van der Waals surface area contributed by atoms with Crippen molar-refractivity contribution >= 4 is 0 Å². The molecule has 2 atom stereocenters. The van der Waals surface area contributed by atoms with Crippen LogP contribution in [0.15, 0.2) is 24.8 Å². The van der Waals surface area contributed by atoms with Gasteiger partial charge in [-0.15, -0.1) is 0 Å². The average Bonchev–Trinajstić information content (AvgIpc) is 3.16. The molecular formula is C19H32N6. The summed E-state index contributed by atoms with van der Waals surface area (Å²) in [5.41, 5.74) is 1.34. The van der Waals surface area contributed by atoms with Crippen molar-refractivity contribution in [2.75, 3.05) is 27.2 Å². The van der Waals surface area contributed by atoms with Gasteiger partial charge in [-0.1, -0.05) is 0 Å². The maximum absolute atomic E-state index is 4.56. The van der Waals surface area contributed by atoms with E-state index in [1.165, 1.54) is 18.4 Å². The van der Waals surface area contributed by atoms with Crippen LogP contribution in [0, 0.1) is 5.92 Å². The summed E-state index contributed by atoms with van der Waals surface area (Å²) >= 11 is 0. The number of nitrogens with zero attached hydrogens (tertiary/aromatic N) is 6. The predicted octanol–water partition coefficient (Wildman–Crippen LogP) is 2.71. The van der Waals surface area contributed by atoms with E-state index in [2.05, 4.69) is 64.8 Å². The standard InChI is InChI=1S/C19H32N6/c1-15(2)25-10-8-20-18(25)14-22(3)12-16-7-6-9-23(4)19(16)17-11-21-24(5)13-17/h8,10-11,13,15-16,19H,6-7,9,12,14H2,1-5H3/t16-,19+/m0/s1. The number of rotatable bonds is 6. The Labute approximate surface area is 151 Å². The molecule has 6 heteroatoms. The Morgan fingerprint density at radius 3 is 2.80 bits per heavy atom. The molecule has 0 saturated carbocycles. The zero-order valence-electron chi connectivity index (χ0n) is 16.3. The van der Waals surface area contributed by atoms with Crippen molar-refractivity contribution in [2.24, 2.45) is 13.0 Å². The highest BCUT2D eigenvalue weighted by molar-refractivity contribution is 5.13. The lowest BCUT2D eigenvalue weighted by Crippen LogP contribution is -2.41. The lowest BCUT2D eigenvalue weighted by molar-refractivity contribution is 0.0915. The molecular weight excluding hydrogens is 312 g/mol. The van der Waals surface area contributed by atoms with Crippen LogP contribution in [0.3, 0.4) is 0 Å². The van der Waals surface area contributed by atoms with E-state index in [0.29, 0.717) is 18.0 Å².